The number of anilines is 3. The van der Waals surface area contributed by atoms with Crippen molar-refractivity contribution in [1.82, 2.24) is 0 Å². The Labute approximate surface area is 329 Å². The van der Waals surface area contributed by atoms with Crippen LogP contribution in [0.1, 0.15) is 77.6 Å². The summed E-state index contributed by atoms with van der Waals surface area (Å²) in [6, 6.07) is 50.8. The van der Waals surface area contributed by atoms with Gasteiger partial charge in [0.15, 0.2) is 0 Å². The molecular formula is C53H47NO2. The van der Waals surface area contributed by atoms with E-state index in [9.17, 15) is 0 Å². The monoisotopic (exact) mass is 729 g/mol. The number of nitrogens with zero attached hydrogens (tertiary/aromatic N) is 1. The number of furan rings is 2. The first-order valence-corrected chi connectivity index (χ1v) is 19.9. The predicted octanol–water partition coefficient (Wildman–Crippen LogP) is 15.5. The standard InChI is InChI=1S/C53H47NO2/c1-51(2,3)34-30-38-48-42(23-16-26-46(48)56-50(38)40(31-34)52(4,5)6)54(43-24-14-20-36-35-19-12-13-21-39(35)53(7,8)49(36)43)41-22-15-25-45-47(41)37-29-33(27-28-44(37)55-45)32-17-10-9-11-18-32/h9-31H,1-8H3. The molecule has 0 saturated heterocycles. The third-order valence-electron chi connectivity index (χ3n) is 12.1. The van der Waals surface area contributed by atoms with Crippen LogP contribution >= 0.6 is 0 Å². The minimum Gasteiger partial charge on any atom is -0.456 e. The zero-order chi connectivity index (χ0) is 38.7. The molecule has 2 heterocycles. The lowest BCUT2D eigenvalue weighted by atomic mass is 9.79. The largest absolute Gasteiger partial charge is 0.456 e. The van der Waals surface area contributed by atoms with Gasteiger partial charge in [-0.25, -0.2) is 0 Å². The molecule has 0 spiro atoms. The summed E-state index contributed by atoms with van der Waals surface area (Å²) in [4.78, 5) is 2.51. The zero-order valence-corrected chi connectivity index (χ0v) is 33.5. The van der Waals surface area contributed by atoms with Crippen molar-refractivity contribution in [1.29, 1.82) is 0 Å². The number of hydrogen-bond acceptors (Lipinski definition) is 3. The molecule has 10 rings (SSSR count). The summed E-state index contributed by atoms with van der Waals surface area (Å²) in [7, 11) is 0. The summed E-state index contributed by atoms with van der Waals surface area (Å²) in [5, 5.41) is 4.43. The highest BCUT2D eigenvalue weighted by molar-refractivity contribution is 6.19. The Hall–Kier alpha value is -6.06. The molecule has 0 amide bonds. The van der Waals surface area contributed by atoms with Gasteiger partial charge < -0.3 is 13.7 Å². The van der Waals surface area contributed by atoms with Crippen molar-refractivity contribution in [2.75, 3.05) is 4.90 Å². The summed E-state index contributed by atoms with van der Waals surface area (Å²) in [5.74, 6) is 0. The Balaban J connectivity index is 1.35. The molecule has 1 aliphatic rings. The minimum atomic E-state index is -0.251. The van der Waals surface area contributed by atoms with Crippen LogP contribution in [0.2, 0.25) is 0 Å². The van der Waals surface area contributed by atoms with Crippen LogP contribution in [0.25, 0.3) is 66.1 Å². The van der Waals surface area contributed by atoms with Gasteiger partial charge in [-0.05, 0) is 98.3 Å². The van der Waals surface area contributed by atoms with Crippen LogP contribution in [0.15, 0.2) is 148 Å². The highest BCUT2D eigenvalue weighted by Gasteiger charge is 2.39. The van der Waals surface area contributed by atoms with Crippen molar-refractivity contribution in [2.45, 2.75) is 71.6 Å². The van der Waals surface area contributed by atoms with Gasteiger partial charge in [-0.2, -0.15) is 0 Å². The summed E-state index contributed by atoms with van der Waals surface area (Å²) < 4.78 is 13.7. The third kappa shape index (κ3) is 5.10. The van der Waals surface area contributed by atoms with Crippen molar-refractivity contribution in [3.8, 4) is 22.3 Å². The molecule has 9 aromatic rings. The van der Waals surface area contributed by atoms with Crippen molar-refractivity contribution < 1.29 is 8.83 Å². The quantitative estimate of drug-likeness (QED) is 0.181. The highest BCUT2D eigenvalue weighted by Crippen LogP contribution is 2.56. The van der Waals surface area contributed by atoms with Crippen molar-refractivity contribution >= 4 is 60.9 Å². The van der Waals surface area contributed by atoms with Gasteiger partial charge in [0.2, 0.25) is 0 Å². The third-order valence-corrected chi connectivity index (χ3v) is 12.1. The van der Waals surface area contributed by atoms with E-state index in [0.717, 1.165) is 66.5 Å². The second-order valence-corrected chi connectivity index (χ2v) is 18.2. The molecule has 276 valence electrons. The smallest absolute Gasteiger partial charge is 0.139 e. The molecule has 1 aliphatic carbocycles. The van der Waals surface area contributed by atoms with E-state index in [0.29, 0.717) is 0 Å². The van der Waals surface area contributed by atoms with E-state index in [1.165, 1.54) is 38.9 Å². The predicted molar refractivity (Wildman–Crippen MR) is 236 cm³/mol. The molecule has 2 aromatic heterocycles. The topological polar surface area (TPSA) is 29.5 Å². The maximum Gasteiger partial charge on any atom is 0.139 e. The van der Waals surface area contributed by atoms with Crippen molar-refractivity contribution in [3.05, 3.63) is 162 Å². The van der Waals surface area contributed by atoms with Crippen LogP contribution in [-0.4, -0.2) is 0 Å². The fourth-order valence-corrected chi connectivity index (χ4v) is 9.29. The maximum atomic E-state index is 6.99. The van der Waals surface area contributed by atoms with E-state index >= 15 is 0 Å². The maximum absolute atomic E-state index is 6.99. The summed E-state index contributed by atoms with van der Waals surface area (Å²) >= 11 is 0. The molecule has 3 heteroatoms. The molecule has 0 unspecified atom stereocenters. The Morgan fingerprint density at radius 3 is 1.82 bits per heavy atom. The molecule has 7 aromatic carbocycles. The molecule has 0 radical (unpaired) electrons. The van der Waals surface area contributed by atoms with Crippen LogP contribution in [0.3, 0.4) is 0 Å². The molecule has 0 bridgehead atoms. The van der Waals surface area contributed by atoms with Gasteiger partial charge in [-0.15, -0.1) is 0 Å². The van der Waals surface area contributed by atoms with E-state index in [1.54, 1.807) is 0 Å². The fourth-order valence-electron chi connectivity index (χ4n) is 9.29. The Morgan fingerprint density at radius 2 is 1.11 bits per heavy atom. The molecule has 0 aliphatic heterocycles. The van der Waals surface area contributed by atoms with Crippen molar-refractivity contribution in [2.24, 2.45) is 0 Å². The number of rotatable bonds is 4. The first-order chi connectivity index (χ1) is 26.8. The zero-order valence-electron chi connectivity index (χ0n) is 33.5. The Kier molecular flexibility index (Phi) is 7.36. The normalized spacial score (nSPS) is 13.9. The van der Waals surface area contributed by atoms with Crippen LogP contribution in [0.5, 0.6) is 0 Å². The van der Waals surface area contributed by atoms with Gasteiger partial charge in [0, 0.05) is 21.8 Å². The van der Waals surface area contributed by atoms with Gasteiger partial charge >= 0.3 is 0 Å². The highest BCUT2D eigenvalue weighted by atomic mass is 16.3. The number of fused-ring (bicyclic) bond motifs is 9. The van der Waals surface area contributed by atoms with Gasteiger partial charge in [0.1, 0.15) is 22.3 Å². The van der Waals surface area contributed by atoms with Gasteiger partial charge in [-0.1, -0.05) is 146 Å². The Morgan fingerprint density at radius 1 is 0.482 bits per heavy atom. The molecule has 0 fully saturated rings. The van der Waals surface area contributed by atoms with E-state index in [-0.39, 0.29) is 16.2 Å². The molecule has 0 atom stereocenters. The number of hydrogen-bond donors (Lipinski definition) is 0. The van der Waals surface area contributed by atoms with Crippen LogP contribution < -0.4 is 4.90 Å². The summed E-state index contributed by atoms with van der Waals surface area (Å²) in [6.07, 6.45) is 0. The molecule has 3 nitrogen and oxygen atoms in total. The Bertz CT molecular complexity index is 3020. The second kappa shape index (κ2) is 12.0. The fraction of sp³-hybridized carbons (Fsp3) is 0.208. The lowest BCUT2D eigenvalue weighted by molar-refractivity contribution is 0.559. The summed E-state index contributed by atoms with van der Waals surface area (Å²) in [5.41, 5.74) is 16.5. The SMILES string of the molecule is CC(C)(C)c1cc(C(C)(C)C)c2oc3cccc(N(c4cccc5c4C(C)(C)c4ccccc4-5)c4cccc5oc6ccc(-c7ccccc7)cc6c45)c3c2c1. The van der Waals surface area contributed by atoms with Gasteiger partial charge in [-0.3, -0.25) is 0 Å². The van der Waals surface area contributed by atoms with E-state index in [1.807, 2.05) is 0 Å². The van der Waals surface area contributed by atoms with Crippen molar-refractivity contribution in [3.63, 3.8) is 0 Å². The van der Waals surface area contributed by atoms with Gasteiger partial charge in [0.05, 0.1) is 27.8 Å². The van der Waals surface area contributed by atoms with Crippen LogP contribution in [-0.2, 0) is 16.2 Å². The lowest BCUT2D eigenvalue weighted by Gasteiger charge is -2.33. The summed E-state index contributed by atoms with van der Waals surface area (Å²) in [6.45, 7) is 18.5. The average Bonchev–Trinajstić information content (AvgIpc) is 3.82. The second-order valence-electron chi connectivity index (χ2n) is 18.2. The molecule has 0 N–H and O–H groups in total. The van der Waals surface area contributed by atoms with Crippen LogP contribution in [0, 0.1) is 0 Å². The molecule has 56 heavy (non-hydrogen) atoms. The first-order valence-electron chi connectivity index (χ1n) is 19.9. The van der Waals surface area contributed by atoms with Crippen LogP contribution in [0.4, 0.5) is 17.1 Å². The average molecular weight is 730 g/mol. The first kappa shape index (κ1) is 34.4. The number of benzene rings is 7. The lowest BCUT2D eigenvalue weighted by Crippen LogP contribution is -2.21. The van der Waals surface area contributed by atoms with E-state index in [2.05, 4.69) is 200 Å². The van der Waals surface area contributed by atoms with Gasteiger partial charge in [0.25, 0.3) is 0 Å². The molecule has 0 saturated carbocycles. The van der Waals surface area contributed by atoms with E-state index in [4.69, 9.17) is 8.83 Å². The van der Waals surface area contributed by atoms with E-state index < -0.39 is 0 Å². The molecular weight excluding hydrogens is 683 g/mol. The minimum absolute atomic E-state index is 0.0553.